The number of hydrogen-bond acceptors (Lipinski definition) is 4. The second-order valence-corrected chi connectivity index (χ2v) is 1.97. The lowest BCUT2D eigenvalue weighted by molar-refractivity contribution is -0.139. The van der Waals surface area contributed by atoms with Gasteiger partial charge in [0, 0.05) is 6.07 Å². The number of aryl methyl sites for hydroxylation is 1. The zero-order valence-corrected chi connectivity index (χ0v) is 5.90. The van der Waals surface area contributed by atoms with E-state index in [2.05, 4.69) is 14.4 Å². The fourth-order valence-corrected chi connectivity index (χ4v) is 0.541. The normalized spacial score (nSPS) is 9.55. The van der Waals surface area contributed by atoms with E-state index in [1.54, 1.807) is 6.92 Å². The van der Waals surface area contributed by atoms with Crippen molar-refractivity contribution in [3.8, 4) is 5.95 Å². The van der Waals surface area contributed by atoms with Gasteiger partial charge in [-0.05, 0) is 6.92 Å². The molecule has 1 rings (SSSR count). The van der Waals surface area contributed by atoms with Crippen molar-refractivity contribution in [2.45, 2.75) is 6.92 Å². The summed E-state index contributed by atoms with van der Waals surface area (Å²) in [6.07, 6.45) is 0. The molecule has 5 heteroatoms. The van der Waals surface area contributed by atoms with Crippen LogP contribution in [0.25, 0.3) is 0 Å². The second-order valence-electron chi connectivity index (χ2n) is 1.97. The summed E-state index contributed by atoms with van der Waals surface area (Å²) in [6, 6.07) is 1.52. The second kappa shape index (κ2) is 3.05. The van der Waals surface area contributed by atoms with E-state index in [1.165, 1.54) is 6.07 Å². The van der Waals surface area contributed by atoms with Gasteiger partial charge in [-0.2, -0.15) is 0 Å². The van der Waals surface area contributed by atoms with Gasteiger partial charge in [0.05, 0.1) is 5.69 Å². The van der Waals surface area contributed by atoms with Crippen LogP contribution in [-0.2, 0) is 4.79 Å². The monoisotopic (exact) mass is 157 g/mol. The number of nitrogens with zero attached hydrogens (tertiary/aromatic N) is 1. The molecule has 11 heavy (non-hydrogen) atoms. The number of aliphatic carboxylic acids is 1. The summed E-state index contributed by atoms with van der Waals surface area (Å²) in [6.45, 7) is 1.31. The number of carboxylic acid groups (broad SMARTS) is 1. The van der Waals surface area contributed by atoms with Crippen molar-refractivity contribution >= 4 is 5.97 Å². The van der Waals surface area contributed by atoms with Crippen LogP contribution >= 0.6 is 0 Å². The highest BCUT2D eigenvalue weighted by molar-refractivity contribution is 5.68. The lowest BCUT2D eigenvalue weighted by Gasteiger charge is -1.93. The topological polar surface area (TPSA) is 72.6 Å². The molecule has 1 N–H and O–H groups in total. The Balaban J connectivity index is 2.45. The quantitative estimate of drug-likeness (QED) is 0.689. The van der Waals surface area contributed by atoms with Gasteiger partial charge in [-0.1, -0.05) is 5.16 Å². The molecule has 5 nitrogen and oxygen atoms in total. The van der Waals surface area contributed by atoms with Gasteiger partial charge in [-0.15, -0.1) is 0 Å². The summed E-state index contributed by atoms with van der Waals surface area (Å²) in [7, 11) is 0. The van der Waals surface area contributed by atoms with Crippen LogP contribution < -0.4 is 4.74 Å². The molecule has 0 bridgehead atoms. The molecule has 0 saturated heterocycles. The molecule has 0 spiro atoms. The summed E-state index contributed by atoms with van der Waals surface area (Å²) >= 11 is 0. The molecule has 1 heterocycles. The molecule has 0 radical (unpaired) electrons. The molecule has 0 amide bonds. The largest absolute Gasteiger partial charge is 0.479 e. The summed E-state index contributed by atoms with van der Waals surface area (Å²) in [5, 5.41) is 11.7. The Hall–Kier alpha value is -1.52. The van der Waals surface area contributed by atoms with Crippen molar-refractivity contribution in [1.29, 1.82) is 0 Å². The molecular formula is C6H7NO4. The van der Waals surface area contributed by atoms with Gasteiger partial charge in [-0.3, -0.25) is 0 Å². The van der Waals surface area contributed by atoms with Crippen LogP contribution in [0.2, 0.25) is 0 Å². The third-order valence-corrected chi connectivity index (χ3v) is 0.944. The average Bonchev–Trinajstić information content (AvgIpc) is 2.31. The highest BCUT2D eigenvalue weighted by Crippen LogP contribution is 2.10. The minimum absolute atomic E-state index is 0.130. The number of carboxylic acids is 1. The van der Waals surface area contributed by atoms with Crippen molar-refractivity contribution in [2.75, 3.05) is 6.61 Å². The molecule has 0 fully saturated rings. The first-order valence-electron chi connectivity index (χ1n) is 2.96. The van der Waals surface area contributed by atoms with Crippen molar-refractivity contribution in [3.63, 3.8) is 0 Å². The maximum absolute atomic E-state index is 9.99. The van der Waals surface area contributed by atoms with Gasteiger partial charge in [0.15, 0.2) is 6.61 Å². The number of aromatic nitrogens is 1. The highest BCUT2D eigenvalue weighted by Gasteiger charge is 2.03. The predicted octanol–water partition coefficient (Wildman–Crippen LogP) is 0.446. The highest BCUT2D eigenvalue weighted by atomic mass is 16.6. The molecule has 0 aromatic carbocycles. The predicted molar refractivity (Wildman–Crippen MR) is 34.4 cm³/mol. The van der Waals surface area contributed by atoms with E-state index in [0.29, 0.717) is 5.69 Å². The molecule has 60 valence electrons. The van der Waals surface area contributed by atoms with Gasteiger partial charge in [0.25, 0.3) is 0 Å². The molecular weight excluding hydrogens is 150 g/mol. The molecule has 1 aromatic rings. The lowest BCUT2D eigenvalue weighted by Crippen LogP contribution is -2.08. The molecule has 0 aliphatic rings. The van der Waals surface area contributed by atoms with Crippen LogP contribution in [0.5, 0.6) is 5.95 Å². The van der Waals surface area contributed by atoms with Crippen molar-refractivity contribution in [3.05, 3.63) is 11.8 Å². The third kappa shape index (κ3) is 2.29. The van der Waals surface area contributed by atoms with E-state index < -0.39 is 12.6 Å². The molecule has 0 unspecified atom stereocenters. The van der Waals surface area contributed by atoms with Crippen LogP contribution in [0.3, 0.4) is 0 Å². The first-order valence-corrected chi connectivity index (χ1v) is 2.96. The maximum atomic E-state index is 9.99. The maximum Gasteiger partial charge on any atom is 0.341 e. The minimum atomic E-state index is -1.04. The molecule has 0 aliphatic carbocycles. The summed E-state index contributed by atoms with van der Waals surface area (Å²) in [4.78, 5) is 9.99. The van der Waals surface area contributed by atoms with Crippen LogP contribution in [0.4, 0.5) is 0 Å². The van der Waals surface area contributed by atoms with Crippen LogP contribution in [0.15, 0.2) is 10.6 Å². The van der Waals surface area contributed by atoms with Crippen molar-refractivity contribution < 1.29 is 19.2 Å². The smallest absolute Gasteiger partial charge is 0.341 e. The zero-order chi connectivity index (χ0) is 8.27. The van der Waals surface area contributed by atoms with Crippen LogP contribution in [0.1, 0.15) is 5.69 Å². The van der Waals surface area contributed by atoms with Gasteiger partial charge in [-0.25, -0.2) is 4.79 Å². The number of carbonyl (C=O) groups is 1. The van der Waals surface area contributed by atoms with Gasteiger partial charge < -0.3 is 14.4 Å². The summed E-state index contributed by atoms with van der Waals surface area (Å²) in [5.41, 5.74) is 0.658. The number of rotatable bonds is 3. The summed E-state index contributed by atoms with van der Waals surface area (Å²) < 4.78 is 9.24. The third-order valence-electron chi connectivity index (χ3n) is 0.944. The first-order chi connectivity index (χ1) is 5.18. The molecule has 0 atom stereocenters. The van der Waals surface area contributed by atoms with E-state index in [4.69, 9.17) is 5.11 Å². The zero-order valence-electron chi connectivity index (χ0n) is 5.90. The Morgan fingerprint density at radius 1 is 1.91 bits per heavy atom. The molecule has 0 aliphatic heterocycles. The molecule has 1 aromatic heterocycles. The molecule has 0 saturated carbocycles. The lowest BCUT2D eigenvalue weighted by atomic mass is 10.5. The Kier molecular flexibility index (Phi) is 2.10. The van der Waals surface area contributed by atoms with Gasteiger partial charge in [0.2, 0.25) is 0 Å². The van der Waals surface area contributed by atoms with Crippen LogP contribution in [0, 0.1) is 6.92 Å². The standard InChI is InChI=1S/C6H7NO4/c1-4-2-6(11-7-4)10-3-5(8)9/h2H,3H2,1H3,(H,8,9). The number of hydrogen-bond donors (Lipinski definition) is 1. The van der Waals surface area contributed by atoms with E-state index in [0.717, 1.165) is 0 Å². The van der Waals surface area contributed by atoms with Crippen LogP contribution in [-0.4, -0.2) is 22.8 Å². The van der Waals surface area contributed by atoms with Gasteiger partial charge >= 0.3 is 11.9 Å². The van der Waals surface area contributed by atoms with E-state index in [1.807, 2.05) is 0 Å². The van der Waals surface area contributed by atoms with E-state index >= 15 is 0 Å². The van der Waals surface area contributed by atoms with E-state index in [-0.39, 0.29) is 5.95 Å². The Labute approximate surface area is 62.6 Å². The fourth-order valence-electron chi connectivity index (χ4n) is 0.541. The Bertz CT molecular complexity index is 255. The fraction of sp³-hybridized carbons (Fsp3) is 0.333. The van der Waals surface area contributed by atoms with E-state index in [9.17, 15) is 4.79 Å². The average molecular weight is 157 g/mol. The minimum Gasteiger partial charge on any atom is -0.479 e. The SMILES string of the molecule is Cc1cc(OCC(=O)O)on1. The first kappa shape index (κ1) is 7.59. The Morgan fingerprint density at radius 2 is 2.64 bits per heavy atom. The summed E-state index contributed by atoms with van der Waals surface area (Å²) in [5.74, 6) is -0.913. The van der Waals surface area contributed by atoms with Gasteiger partial charge in [0.1, 0.15) is 0 Å². The van der Waals surface area contributed by atoms with Crippen molar-refractivity contribution in [1.82, 2.24) is 5.16 Å². The Morgan fingerprint density at radius 3 is 3.09 bits per heavy atom. The number of ether oxygens (including phenoxy) is 1. The van der Waals surface area contributed by atoms with Crippen molar-refractivity contribution in [2.24, 2.45) is 0 Å².